The number of amides is 1. The molecule has 1 saturated heterocycles. The Morgan fingerprint density at radius 1 is 0.844 bits per heavy atom. The van der Waals surface area contributed by atoms with Crippen molar-refractivity contribution in [2.24, 2.45) is 0 Å². The Hall–Kier alpha value is -4.53. The SMILES string of the molecule is C[C@@H](COC(=O)N1CCC(n2c(=O)[nH]c3ccccc32)CC1)N(Cc1ccccc1)Cc1cccc(Oc2ccccc2)c1.Cl. The number of likely N-dealkylation sites (tertiary alicyclic amines) is 1. The number of fused-ring (bicyclic) bond motifs is 1. The molecule has 1 aliphatic rings. The second-order valence-electron chi connectivity index (χ2n) is 11.4. The van der Waals surface area contributed by atoms with Gasteiger partial charge < -0.3 is 19.4 Å². The van der Waals surface area contributed by atoms with E-state index in [0.29, 0.717) is 39.0 Å². The van der Waals surface area contributed by atoms with Crippen LogP contribution >= 0.6 is 12.4 Å². The predicted molar refractivity (Wildman–Crippen MR) is 179 cm³/mol. The van der Waals surface area contributed by atoms with Gasteiger partial charge in [0.05, 0.1) is 11.0 Å². The van der Waals surface area contributed by atoms with E-state index >= 15 is 0 Å². The number of rotatable bonds is 10. The van der Waals surface area contributed by atoms with Gasteiger partial charge in [-0.1, -0.05) is 72.8 Å². The summed E-state index contributed by atoms with van der Waals surface area (Å²) in [6.07, 6.45) is 1.10. The number of nitrogens with zero attached hydrogens (tertiary/aromatic N) is 3. The molecule has 9 heteroatoms. The molecule has 1 amide bonds. The minimum absolute atomic E-state index is 0. The van der Waals surface area contributed by atoms with E-state index in [4.69, 9.17) is 9.47 Å². The lowest BCUT2D eigenvalue weighted by Gasteiger charge is -2.33. The molecule has 1 atom stereocenters. The molecule has 0 aliphatic carbocycles. The van der Waals surface area contributed by atoms with Crippen molar-refractivity contribution in [2.75, 3.05) is 19.7 Å². The molecule has 8 nitrogen and oxygen atoms in total. The monoisotopic (exact) mass is 626 g/mol. The number of hydrogen-bond donors (Lipinski definition) is 1. The van der Waals surface area contributed by atoms with Crippen LogP contribution in [-0.4, -0.2) is 51.2 Å². The van der Waals surface area contributed by atoms with Crippen LogP contribution in [0.15, 0.2) is 114 Å². The summed E-state index contributed by atoms with van der Waals surface area (Å²) in [6, 6.07) is 36.0. The summed E-state index contributed by atoms with van der Waals surface area (Å²) in [5.74, 6) is 1.58. The summed E-state index contributed by atoms with van der Waals surface area (Å²) >= 11 is 0. The van der Waals surface area contributed by atoms with Gasteiger partial charge in [0.1, 0.15) is 18.1 Å². The van der Waals surface area contributed by atoms with E-state index in [1.807, 2.05) is 89.5 Å². The third-order valence-electron chi connectivity index (χ3n) is 8.27. The maximum Gasteiger partial charge on any atom is 0.409 e. The average Bonchev–Trinajstić information content (AvgIpc) is 3.40. The first-order chi connectivity index (χ1) is 21.5. The van der Waals surface area contributed by atoms with Crippen LogP contribution in [0.3, 0.4) is 0 Å². The normalized spacial score (nSPS) is 14.2. The highest BCUT2D eigenvalue weighted by Crippen LogP contribution is 2.26. The molecule has 6 rings (SSSR count). The van der Waals surface area contributed by atoms with Crippen molar-refractivity contribution in [1.29, 1.82) is 0 Å². The van der Waals surface area contributed by atoms with Crippen LogP contribution in [0, 0.1) is 0 Å². The van der Waals surface area contributed by atoms with Gasteiger partial charge in [0.25, 0.3) is 0 Å². The molecule has 0 saturated carbocycles. The lowest BCUT2D eigenvalue weighted by atomic mass is 10.0. The van der Waals surface area contributed by atoms with Crippen molar-refractivity contribution in [1.82, 2.24) is 19.4 Å². The first-order valence-electron chi connectivity index (χ1n) is 15.2. The molecule has 234 valence electrons. The number of halogens is 1. The number of H-pyrrole nitrogens is 1. The van der Waals surface area contributed by atoms with E-state index in [0.717, 1.165) is 28.1 Å². The molecule has 1 aliphatic heterocycles. The van der Waals surface area contributed by atoms with Crippen molar-refractivity contribution in [3.05, 3.63) is 131 Å². The number of aromatic amines is 1. The summed E-state index contributed by atoms with van der Waals surface area (Å²) in [5, 5.41) is 0. The van der Waals surface area contributed by atoms with Crippen molar-refractivity contribution < 1.29 is 14.3 Å². The number of hydrogen-bond acceptors (Lipinski definition) is 5. The van der Waals surface area contributed by atoms with Gasteiger partial charge in [-0.25, -0.2) is 9.59 Å². The minimum Gasteiger partial charge on any atom is -0.457 e. The molecule has 5 aromatic rings. The fraction of sp³-hybridized carbons (Fsp3) is 0.278. The summed E-state index contributed by atoms with van der Waals surface area (Å²) in [4.78, 5) is 32.8. The van der Waals surface area contributed by atoms with Crippen LogP contribution in [0.1, 0.15) is 36.9 Å². The maximum absolute atomic E-state index is 13.1. The Labute approximate surface area is 269 Å². The minimum atomic E-state index is -0.306. The first kappa shape index (κ1) is 31.9. The largest absolute Gasteiger partial charge is 0.457 e. The molecule has 1 aromatic heterocycles. The number of nitrogens with one attached hydrogen (secondary N) is 1. The second-order valence-corrected chi connectivity index (χ2v) is 11.4. The van der Waals surface area contributed by atoms with Gasteiger partial charge in [-0.15, -0.1) is 12.4 Å². The molecular weight excluding hydrogens is 588 g/mol. The number of imidazole rings is 1. The summed E-state index contributed by atoms with van der Waals surface area (Å²) in [5.41, 5.74) is 3.95. The lowest BCUT2D eigenvalue weighted by Crippen LogP contribution is -2.42. The predicted octanol–water partition coefficient (Wildman–Crippen LogP) is 7.41. The highest BCUT2D eigenvalue weighted by atomic mass is 35.5. The van der Waals surface area contributed by atoms with Gasteiger partial charge in [-0.05, 0) is 67.3 Å². The Morgan fingerprint density at radius 3 is 2.22 bits per heavy atom. The standard InChI is InChI=1S/C36H38N4O4.ClH/c1-27(26-43-36(42)38-21-19-30(20-22-38)40-34-18-9-8-17-33(34)37-35(40)41)39(24-28-11-4-2-5-12-28)25-29-13-10-16-32(23-29)44-31-14-6-3-7-15-31;/h2-18,23,27,30H,19-22,24-26H2,1H3,(H,37,41);1H/t27-;/m0./s1. The summed E-state index contributed by atoms with van der Waals surface area (Å²) in [6.45, 7) is 4.85. The number of benzene rings is 4. The van der Waals surface area contributed by atoms with E-state index in [9.17, 15) is 9.59 Å². The van der Waals surface area contributed by atoms with Crippen LogP contribution in [0.2, 0.25) is 0 Å². The number of ether oxygens (including phenoxy) is 2. The van der Waals surface area contributed by atoms with E-state index < -0.39 is 0 Å². The zero-order chi connectivity index (χ0) is 30.3. The highest BCUT2D eigenvalue weighted by Gasteiger charge is 2.27. The molecule has 0 spiro atoms. The molecule has 0 bridgehead atoms. The van der Waals surface area contributed by atoms with Gasteiger partial charge in [0.15, 0.2) is 0 Å². The highest BCUT2D eigenvalue weighted by molar-refractivity contribution is 5.85. The molecule has 1 fully saturated rings. The number of para-hydroxylation sites is 3. The molecule has 45 heavy (non-hydrogen) atoms. The smallest absolute Gasteiger partial charge is 0.409 e. The third-order valence-corrected chi connectivity index (χ3v) is 8.27. The molecule has 4 aromatic carbocycles. The Balaban J connectivity index is 0.00000400. The average molecular weight is 627 g/mol. The fourth-order valence-electron chi connectivity index (χ4n) is 5.88. The van der Waals surface area contributed by atoms with E-state index in [2.05, 4.69) is 41.1 Å². The topological polar surface area (TPSA) is 79.8 Å². The van der Waals surface area contributed by atoms with E-state index in [-0.39, 0.29) is 42.9 Å². The van der Waals surface area contributed by atoms with Gasteiger partial charge in [-0.2, -0.15) is 0 Å². The fourth-order valence-corrected chi connectivity index (χ4v) is 5.88. The quantitative estimate of drug-likeness (QED) is 0.175. The van der Waals surface area contributed by atoms with Crippen LogP contribution in [-0.2, 0) is 17.8 Å². The van der Waals surface area contributed by atoms with Crippen molar-refractivity contribution in [3.63, 3.8) is 0 Å². The summed E-state index contributed by atoms with van der Waals surface area (Å²) in [7, 11) is 0. The van der Waals surface area contributed by atoms with Gasteiger partial charge in [-0.3, -0.25) is 9.47 Å². The van der Waals surface area contributed by atoms with E-state index in [1.54, 1.807) is 4.90 Å². The van der Waals surface area contributed by atoms with Crippen LogP contribution < -0.4 is 10.4 Å². The third kappa shape index (κ3) is 7.95. The Bertz CT molecular complexity index is 1730. The van der Waals surface area contributed by atoms with E-state index in [1.165, 1.54) is 5.56 Å². The lowest BCUT2D eigenvalue weighted by molar-refractivity contribution is 0.0567. The maximum atomic E-state index is 13.1. The van der Waals surface area contributed by atoms with Crippen molar-refractivity contribution in [3.8, 4) is 11.5 Å². The second kappa shape index (κ2) is 15.0. The zero-order valence-corrected chi connectivity index (χ0v) is 26.2. The Morgan fingerprint density at radius 2 is 1.47 bits per heavy atom. The van der Waals surface area contributed by atoms with Crippen LogP contribution in [0.25, 0.3) is 11.0 Å². The van der Waals surface area contributed by atoms with Crippen LogP contribution in [0.5, 0.6) is 11.5 Å². The molecule has 2 heterocycles. The number of aromatic nitrogens is 2. The number of carbonyl (C=O) groups is 1. The first-order valence-corrected chi connectivity index (χ1v) is 15.2. The number of carbonyl (C=O) groups excluding carboxylic acids is 1. The van der Waals surface area contributed by atoms with Crippen LogP contribution in [0.4, 0.5) is 4.79 Å². The van der Waals surface area contributed by atoms with Crippen molar-refractivity contribution >= 4 is 29.5 Å². The molecular formula is C36H39ClN4O4. The zero-order valence-electron chi connectivity index (χ0n) is 25.4. The van der Waals surface area contributed by atoms with Crippen molar-refractivity contribution in [2.45, 2.75) is 44.9 Å². The van der Waals surface area contributed by atoms with Gasteiger partial charge in [0.2, 0.25) is 0 Å². The Kier molecular flexibility index (Phi) is 10.6. The van der Waals surface area contributed by atoms with Gasteiger partial charge >= 0.3 is 11.8 Å². The van der Waals surface area contributed by atoms with Gasteiger partial charge in [0, 0.05) is 38.3 Å². The molecule has 0 radical (unpaired) electrons. The molecule has 1 N–H and O–H groups in total. The summed E-state index contributed by atoms with van der Waals surface area (Å²) < 4.78 is 13.8. The number of piperidine rings is 1. The molecule has 0 unspecified atom stereocenters.